The van der Waals surface area contributed by atoms with Crippen LogP contribution in [-0.4, -0.2) is 100 Å². The molecule has 6 N–H and O–H groups in total. The number of rotatable bonds is 68. The van der Waals surface area contributed by atoms with Crippen molar-refractivity contribution in [2.75, 3.05) is 19.8 Å². The number of unbranched alkanes of at least 4 members (excludes halogenated alkanes) is 50. The minimum absolute atomic E-state index is 0.0137. The topological polar surface area (TPSA) is 175 Å². The highest BCUT2D eigenvalue weighted by Crippen LogP contribution is 2.24. The number of allylic oxidation sites excluding steroid dienone is 5. The normalized spacial score (nSPS) is 17.9. The Kier molecular flexibility index (Phi) is 63.2. The first kappa shape index (κ1) is 83.9. The summed E-state index contributed by atoms with van der Waals surface area (Å²) in [6, 6.07) is -0.807. The molecule has 1 amide bonds. The van der Waals surface area contributed by atoms with Crippen LogP contribution in [0.25, 0.3) is 0 Å². The van der Waals surface area contributed by atoms with Gasteiger partial charge in [-0.05, 0) is 64.2 Å². The fraction of sp³-hybridized carbons (Fsp3) is 0.896. The van der Waals surface area contributed by atoms with Crippen molar-refractivity contribution in [2.24, 2.45) is 0 Å². The molecule has 0 saturated carbocycles. The summed E-state index contributed by atoms with van der Waals surface area (Å²) in [5, 5.41) is 54.4. The van der Waals surface area contributed by atoms with Gasteiger partial charge in [-0.25, -0.2) is 0 Å². The lowest BCUT2D eigenvalue weighted by molar-refractivity contribution is -0.302. The molecular formula is C77H145NO10. The lowest BCUT2D eigenvalue weighted by Crippen LogP contribution is -2.60. The Morgan fingerprint density at radius 1 is 0.420 bits per heavy atom. The molecule has 0 radical (unpaired) electrons. The minimum Gasteiger partial charge on any atom is -0.466 e. The number of carbonyl (C=O) groups is 2. The van der Waals surface area contributed by atoms with E-state index in [0.717, 1.165) is 57.8 Å². The van der Waals surface area contributed by atoms with E-state index in [4.69, 9.17) is 14.2 Å². The lowest BCUT2D eigenvalue weighted by Gasteiger charge is -2.40. The van der Waals surface area contributed by atoms with Gasteiger partial charge in [-0.3, -0.25) is 9.59 Å². The largest absolute Gasteiger partial charge is 0.466 e. The van der Waals surface area contributed by atoms with Crippen LogP contribution in [0, 0.1) is 0 Å². The van der Waals surface area contributed by atoms with Gasteiger partial charge in [-0.15, -0.1) is 0 Å². The average Bonchev–Trinajstić information content (AvgIpc) is 2.02. The monoisotopic (exact) mass is 1240 g/mol. The van der Waals surface area contributed by atoms with Crippen LogP contribution in [0.3, 0.4) is 0 Å². The minimum atomic E-state index is -1.57. The molecule has 1 saturated heterocycles. The quantitative estimate of drug-likeness (QED) is 0.0195. The molecule has 7 atom stereocenters. The maximum absolute atomic E-state index is 13.1. The van der Waals surface area contributed by atoms with Crippen LogP contribution in [0.15, 0.2) is 36.5 Å². The first-order valence-electron chi connectivity index (χ1n) is 38.3. The predicted molar refractivity (Wildman–Crippen MR) is 371 cm³/mol. The third kappa shape index (κ3) is 54.4. The molecule has 1 aliphatic rings. The number of amides is 1. The fourth-order valence-electron chi connectivity index (χ4n) is 12.2. The molecule has 1 fully saturated rings. The summed E-state index contributed by atoms with van der Waals surface area (Å²) in [4.78, 5) is 25.1. The molecule has 1 aliphatic heterocycles. The molecule has 7 unspecified atom stereocenters. The zero-order chi connectivity index (χ0) is 63.7. The van der Waals surface area contributed by atoms with Crippen molar-refractivity contribution < 1.29 is 49.3 Å². The van der Waals surface area contributed by atoms with Crippen LogP contribution < -0.4 is 5.32 Å². The first-order chi connectivity index (χ1) is 43.2. The third-order valence-corrected chi connectivity index (χ3v) is 18.2. The van der Waals surface area contributed by atoms with Crippen LogP contribution in [0.1, 0.15) is 380 Å². The maximum Gasteiger partial charge on any atom is 0.305 e. The first-order valence-corrected chi connectivity index (χ1v) is 38.3. The predicted octanol–water partition coefficient (Wildman–Crippen LogP) is 20.1. The number of hydrogen-bond donors (Lipinski definition) is 6. The third-order valence-electron chi connectivity index (χ3n) is 18.2. The van der Waals surface area contributed by atoms with Crippen LogP contribution in [0.4, 0.5) is 0 Å². The summed E-state index contributed by atoms with van der Waals surface area (Å²) in [7, 11) is 0. The molecule has 0 aromatic heterocycles. The molecule has 11 nitrogen and oxygen atoms in total. The standard InChI is InChI=1S/C77H145NO10/c1-3-5-7-9-11-13-15-45-49-53-57-61-65-73(82)86-66-62-58-54-50-46-42-40-38-36-34-32-30-28-26-24-22-20-18-16-17-19-21-23-25-27-29-31-33-35-37-39-41-44-48-52-56-60-64-72(81)78-69(68-87-77-76(85)75(84)74(83)71(67-79)88-77)70(80)63-59-55-51-47-43-14-12-10-8-6-4-2/h16,18,22,24,59,63,69-71,74-77,79-80,83-85H,3-15,17,19-21,23,25-58,60-62,64-68H2,1-2H3,(H,78,81)/b18-16-,24-22-,63-59+. The van der Waals surface area contributed by atoms with Crippen LogP contribution in [0.2, 0.25) is 0 Å². The Balaban J connectivity index is 1.91. The number of hydrogen-bond acceptors (Lipinski definition) is 10. The summed E-state index contributed by atoms with van der Waals surface area (Å²) in [6.45, 7) is 4.37. The van der Waals surface area contributed by atoms with Crippen molar-refractivity contribution in [1.29, 1.82) is 0 Å². The summed E-state index contributed by atoms with van der Waals surface area (Å²) in [6.07, 6.45) is 76.0. The van der Waals surface area contributed by atoms with Crippen LogP contribution in [0.5, 0.6) is 0 Å². The number of aliphatic hydroxyl groups excluding tert-OH is 5. The molecule has 0 aromatic carbocycles. The Labute approximate surface area is 543 Å². The highest BCUT2D eigenvalue weighted by molar-refractivity contribution is 5.76. The van der Waals surface area contributed by atoms with Crippen molar-refractivity contribution in [1.82, 2.24) is 5.32 Å². The molecule has 518 valence electrons. The van der Waals surface area contributed by atoms with Gasteiger partial charge in [-0.2, -0.15) is 0 Å². The zero-order valence-corrected chi connectivity index (χ0v) is 57.7. The average molecular weight is 1250 g/mol. The van der Waals surface area contributed by atoms with E-state index < -0.39 is 49.5 Å². The van der Waals surface area contributed by atoms with Gasteiger partial charge in [-0.1, -0.05) is 339 Å². The maximum atomic E-state index is 13.1. The number of ether oxygens (including phenoxy) is 3. The van der Waals surface area contributed by atoms with Gasteiger partial charge in [0.05, 0.1) is 32.0 Å². The molecule has 0 aromatic rings. The van der Waals surface area contributed by atoms with E-state index in [2.05, 4.69) is 43.5 Å². The SMILES string of the molecule is CCCCCCCCCCC/C=C/C(O)C(COC1OC(CO)C(O)C(O)C1O)NC(=O)CCCCCCCCCCCCCCCCCCC/C=C\C/C=C\CCCCCCCCCCCCCCCOC(=O)CCCCCCCCCCCCCC. The van der Waals surface area contributed by atoms with E-state index >= 15 is 0 Å². The Bertz CT molecular complexity index is 1560. The van der Waals surface area contributed by atoms with E-state index in [0.29, 0.717) is 19.4 Å². The highest BCUT2D eigenvalue weighted by atomic mass is 16.7. The Hall–Kier alpha value is -2.12. The second-order valence-electron chi connectivity index (χ2n) is 26.7. The molecule has 0 aliphatic carbocycles. The van der Waals surface area contributed by atoms with Crippen molar-refractivity contribution in [3.8, 4) is 0 Å². The van der Waals surface area contributed by atoms with Crippen LogP contribution >= 0.6 is 0 Å². The molecule has 1 rings (SSSR count). The van der Waals surface area contributed by atoms with Gasteiger partial charge in [0.2, 0.25) is 5.91 Å². The van der Waals surface area contributed by atoms with E-state index in [1.807, 2.05) is 6.08 Å². The summed E-state index contributed by atoms with van der Waals surface area (Å²) in [5.41, 5.74) is 0. The second kappa shape index (κ2) is 66.3. The molecular weight excluding hydrogens is 1100 g/mol. The number of carbonyl (C=O) groups excluding carboxylic acids is 2. The van der Waals surface area contributed by atoms with Gasteiger partial charge in [0.15, 0.2) is 6.29 Å². The van der Waals surface area contributed by atoms with E-state index in [-0.39, 0.29) is 18.5 Å². The molecule has 0 bridgehead atoms. The summed E-state index contributed by atoms with van der Waals surface area (Å²) in [5.74, 6) is -0.164. The molecule has 0 spiro atoms. The molecule has 88 heavy (non-hydrogen) atoms. The second-order valence-corrected chi connectivity index (χ2v) is 26.7. The molecule has 1 heterocycles. The van der Waals surface area contributed by atoms with E-state index in [1.54, 1.807) is 6.08 Å². The van der Waals surface area contributed by atoms with Gasteiger partial charge < -0.3 is 45.1 Å². The highest BCUT2D eigenvalue weighted by Gasteiger charge is 2.44. The molecule has 11 heteroatoms. The van der Waals surface area contributed by atoms with Gasteiger partial charge in [0.1, 0.15) is 24.4 Å². The summed E-state index contributed by atoms with van der Waals surface area (Å²) < 4.78 is 16.7. The van der Waals surface area contributed by atoms with Crippen molar-refractivity contribution in [3.05, 3.63) is 36.5 Å². The Morgan fingerprint density at radius 2 is 0.761 bits per heavy atom. The number of aliphatic hydroxyl groups is 5. The smallest absolute Gasteiger partial charge is 0.305 e. The van der Waals surface area contributed by atoms with Crippen LogP contribution in [-0.2, 0) is 23.8 Å². The van der Waals surface area contributed by atoms with Gasteiger partial charge >= 0.3 is 5.97 Å². The summed E-state index contributed by atoms with van der Waals surface area (Å²) >= 11 is 0. The Morgan fingerprint density at radius 3 is 1.15 bits per heavy atom. The van der Waals surface area contributed by atoms with Crippen molar-refractivity contribution in [2.45, 2.75) is 423 Å². The zero-order valence-electron chi connectivity index (χ0n) is 57.7. The lowest BCUT2D eigenvalue weighted by atomic mass is 9.99. The van der Waals surface area contributed by atoms with E-state index in [9.17, 15) is 35.1 Å². The van der Waals surface area contributed by atoms with Gasteiger partial charge in [0.25, 0.3) is 0 Å². The van der Waals surface area contributed by atoms with E-state index in [1.165, 1.54) is 295 Å². The number of nitrogens with one attached hydrogen (secondary N) is 1. The van der Waals surface area contributed by atoms with Crippen molar-refractivity contribution >= 4 is 11.9 Å². The fourth-order valence-corrected chi connectivity index (χ4v) is 12.2. The number of esters is 1. The van der Waals surface area contributed by atoms with Gasteiger partial charge in [0, 0.05) is 12.8 Å². The van der Waals surface area contributed by atoms with Crippen molar-refractivity contribution in [3.63, 3.8) is 0 Å².